The summed E-state index contributed by atoms with van der Waals surface area (Å²) in [4.78, 5) is 1.43. The Morgan fingerprint density at radius 1 is 0.476 bits per heavy atom. The Morgan fingerprint density at radius 3 is 1.79 bits per heavy atom. The summed E-state index contributed by atoms with van der Waals surface area (Å²) in [7, 11) is 0. The highest BCUT2D eigenvalue weighted by molar-refractivity contribution is 7.23. The second-order valence-electron chi connectivity index (χ2n) is 12.1. The Kier molecular flexibility index (Phi) is 4.93. The van der Waals surface area contributed by atoms with Crippen molar-refractivity contribution in [1.82, 2.24) is 0 Å². The van der Waals surface area contributed by atoms with E-state index >= 15 is 0 Å². The molecule has 1 heteroatoms. The fourth-order valence-corrected chi connectivity index (χ4v) is 9.08. The van der Waals surface area contributed by atoms with Crippen LogP contribution in [-0.2, 0) is 5.41 Å². The van der Waals surface area contributed by atoms with Crippen molar-refractivity contribution < 1.29 is 0 Å². The molecule has 0 N–H and O–H groups in total. The van der Waals surface area contributed by atoms with E-state index in [1.807, 2.05) is 11.3 Å². The lowest BCUT2D eigenvalue weighted by atomic mass is 9.81. The third-order valence-corrected chi connectivity index (χ3v) is 10.7. The highest BCUT2D eigenvalue weighted by Gasteiger charge is 2.38. The van der Waals surface area contributed by atoms with Crippen LogP contribution in [0.2, 0.25) is 0 Å². The smallest absolute Gasteiger partial charge is 0.0431 e. The molecule has 0 saturated heterocycles. The largest absolute Gasteiger partial charge is 0.134 e. The van der Waals surface area contributed by atoms with Crippen LogP contribution >= 0.6 is 11.3 Å². The first-order valence-corrected chi connectivity index (χ1v) is 15.5. The van der Waals surface area contributed by atoms with Gasteiger partial charge in [-0.3, -0.25) is 0 Å². The number of hydrogen-bond donors (Lipinski definition) is 0. The number of hydrogen-bond acceptors (Lipinski definition) is 1. The Bertz CT molecular complexity index is 2330. The second kappa shape index (κ2) is 8.64. The molecular formula is C41H28S. The van der Waals surface area contributed by atoms with E-state index in [1.165, 1.54) is 86.2 Å². The number of benzene rings is 7. The third kappa shape index (κ3) is 3.17. The number of fused-ring (bicyclic) bond motifs is 8. The quantitative estimate of drug-likeness (QED) is 0.187. The van der Waals surface area contributed by atoms with Gasteiger partial charge < -0.3 is 0 Å². The first kappa shape index (κ1) is 23.9. The lowest BCUT2D eigenvalue weighted by Gasteiger charge is -2.22. The van der Waals surface area contributed by atoms with E-state index in [0.717, 1.165) is 0 Å². The molecule has 1 aliphatic rings. The van der Waals surface area contributed by atoms with Crippen LogP contribution in [0, 0.1) is 0 Å². The standard InChI is InChI=1S/C41H28S/c1-41(2)35-21-10-9-18-32(35)40-38(41)34-20-11-19-33(39(34)42-40)37-30-16-7-5-14-28(30)36(29-15-6-8-17-31(29)37)27-23-22-25-12-3-4-13-26(25)24-27/h3-24H,1-2H3. The van der Waals surface area contributed by atoms with Gasteiger partial charge in [0.2, 0.25) is 0 Å². The van der Waals surface area contributed by atoms with Crippen molar-refractivity contribution in [3.05, 3.63) is 145 Å². The molecule has 8 aromatic rings. The molecule has 7 aromatic carbocycles. The molecule has 1 heterocycles. The summed E-state index contributed by atoms with van der Waals surface area (Å²) < 4.78 is 1.39. The predicted molar refractivity (Wildman–Crippen MR) is 183 cm³/mol. The maximum absolute atomic E-state index is 2.39. The van der Waals surface area contributed by atoms with Crippen LogP contribution in [0.1, 0.15) is 25.0 Å². The minimum absolute atomic E-state index is 0.0210. The fraction of sp³-hybridized carbons (Fsp3) is 0.0732. The van der Waals surface area contributed by atoms with Gasteiger partial charge in [0.15, 0.2) is 0 Å². The first-order valence-electron chi connectivity index (χ1n) is 14.7. The minimum Gasteiger partial charge on any atom is -0.134 e. The average Bonchev–Trinajstić information content (AvgIpc) is 3.53. The molecule has 198 valence electrons. The van der Waals surface area contributed by atoms with E-state index in [-0.39, 0.29) is 5.41 Å². The summed E-state index contributed by atoms with van der Waals surface area (Å²) in [5.74, 6) is 0. The van der Waals surface area contributed by atoms with Gasteiger partial charge in [0.05, 0.1) is 0 Å². The molecule has 0 fully saturated rings. The maximum Gasteiger partial charge on any atom is 0.0431 e. The van der Waals surface area contributed by atoms with E-state index in [1.54, 1.807) is 0 Å². The van der Waals surface area contributed by atoms with Crippen LogP contribution in [0.25, 0.3) is 75.1 Å². The monoisotopic (exact) mass is 552 g/mol. The molecule has 0 radical (unpaired) electrons. The van der Waals surface area contributed by atoms with Crippen molar-refractivity contribution in [2.75, 3.05) is 0 Å². The summed E-state index contributed by atoms with van der Waals surface area (Å²) in [6, 6.07) is 49.5. The van der Waals surface area contributed by atoms with E-state index in [2.05, 4.69) is 147 Å². The summed E-state index contributed by atoms with van der Waals surface area (Å²) in [6.45, 7) is 4.78. The molecular weight excluding hydrogens is 525 g/mol. The lowest BCUT2D eigenvalue weighted by Crippen LogP contribution is -2.14. The minimum atomic E-state index is -0.0210. The van der Waals surface area contributed by atoms with Crippen LogP contribution in [0.5, 0.6) is 0 Å². The van der Waals surface area contributed by atoms with Crippen LogP contribution < -0.4 is 0 Å². The number of thiophene rings is 1. The zero-order chi connectivity index (χ0) is 28.0. The van der Waals surface area contributed by atoms with Crippen molar-refractivity contribution in [3.63, 3.8) is 0 Å². The molecule has 42 heavy (non-hydrogen) atoms. The van der Waals surface area contributed by atoms with E-state index in [0.29, 0.717) is 0 Å². The molecule has 0 nitrogen and oxygen atoms in total. The fourth-order valence-electron chi connectivity index (χ4n) is 7.56. The van der Waals surface area contributed by atoms with Gasteiger partial charge in [-0.15, -0.1) is 11.3 Å². The Morgan fingerprint density at radius 2 is 1.05 bits per heavy atom. The van der Waals surface area contributed by atoms with Gasteiger partial charge >= 0.3 is 0 Å². The highest BCUT2D eigenvalue weighted by atomic mass is 32.1. The van der Waals surface area contributed by atoms with Crippen LogP contribution in [0.4, 0.5) is 0 Å². The SMILES string of the molecule is CC1(C)c2ccccc2-c2sc3c(-c4c5ccccc5c(-c5ccc6ccccc6c5)c5ccccc45)cccc3c21. The summed E-state index contributed by atoms with van der Waals surface area (Å²) in [5.41, 5.74) is 9.53. The molecule has 0 bridgehead atoms. The molecule has 0 aliphatic heterocycles. The first-order chi connectivity index (χ1) is 20.6. The second-order valence-corrected chi connectivity index (χ2v) is 13.1. The van der Waals surface area contributed by atoms with Crippen molar-refractivity contribution in [1.29, 1.82) is 0 Å². The summed E-state index contributed by atoms with van der Waals surface area (Å²) in [6.07, 6.45) is 0. The van der Waals surface area contributed by atoms with Gasteiger partial charge in [-0.25, -0.2) is 0 Å². The Hall–Kier alpha value is -4.72. The van der Waals surface area contributed by atoms with Crippen molar-refractivity contribution >= 4 is 53.7 Å². The van der Waals surface area contributed by atoms with E-state index in [9.17, 15) is 0 Å². The highest BCUT2D eigenvalue weighted by Crippen LogP contribution is 2.57. The van der Waals surface area contributed by atoms with Gasteiger partial charge in [-0.2, -0.15) is 0 Å². The molecule has 0 saturated carbocycles. The molecule has 0 atom stereocenters. The molecule has 1 aromatic heterocycles. The predicted octanol–water partition coefficient (Wildman–Crippen LogP) is 12.0. The molecule has 1 aliphatic carbocycles. The van der Waals surface area contributed by atoms with Crippen LogP contribution in [0.3, 0.4) is 0 Å². The van der Waals surface area contributed by atoms with E-state index < -0.39 is 0 Å². The summed E-state index contributed by atoms with van der Waals surface area (Å²) in [5, 5.41) is 9.14. The maximum atomic E-state index is 2.39. The van der Waals surface area contributed by atoms with Gasteiger partial charge in [-0.05, 0) is 77.2 Å². The number of rotatable bonds is 2. The Balaban J connectivity index is 1.39. The van der Waals surface area contributed by atoms with Gasteiger partial charge in [0.1, 0.15) is 0 Å². The third-order valence-electron chi connectivity index (χ3n) is 9.42. The normalized spacial score (nSPS) is 13.7. The zero-order valence-electron chi connectivity index (χ0n) is 23.6. The molecule has 9 rings (SSSR count). The summed E-state index contributed by atoms with van der Waals surface area (Å²) >= 11 is 1.97. The lowest BCUT2D eigenvalue weighted by molar-refractivity contribution is 0.667. The van der Waals surface area contributed by atoms with Gasteiger partial charge in [0, 0.05) is 20.6 Å². The molecule has 0 unspecified atom stereocenters. The van der Waals surface area contributed by atoms with Gasteiger partial charge in [-0.1, -0.05) is 141 Å². The van der Waals surface area contributed by atoms with Crippen LogP contribution in [0.15, 0.2) is 133 Å². The molecule has 0 spiro atoms. The average molecular weight is 553 g/mol. The zero-order valence-corrected chi connectivity index (χ0v) is 24.4. The molecule has 0 amide bonds. The topological polar surface area (TPSA) is 0 Å². The Labute approximate surface area is 249 Å². The van der Waals surface area contributed by atoms with Gasteiger partial charge in [0.25, 0.3) is 0 Å². The van der Waals surface area contributed by atoms with Crippen molar-refractivity contribution in [2.24, 2.45) is 0 Å². The van der Waals surface area contributed by atoms with E-state index in [4.69, 9.17) is 0 Å². The van der Waals surface area contributed by atoms with Crippen LogP contribution in [-0.4, -0.2) is 0 Å². The van der Waals surface area contributed by atoms with Crippen molar-refractivity contribution in [3.8, 4) is 32.7 Å². The van der Waals surface area contributed by atoms with Crippen molar-refractivity contribution in [2.45, 2.75) is 19.3 Å².